The van der Waals surface area contributed by atoms with Crippen molar-refractivity contribution in [2.24, 2.45) is 11.8 Å². The zero-order chi connectivity index (χ0) is 9.52. The SMILES string of the molecule is BrCC(CBr)C1CCCCCCC1. The van der Waals surface area contributed by atoms with Gasteiger partial charge in [-0.15, -0.1) is 0 Å². The lowest BCUT2D eigenvalue weighted by Gasteiger charge is -2.25. The summed E-state index contributed by atoms with van der Waals surface area (Å²) >= 11 is 7.25. The molecule has 0 bridgehead atoms. The molecule has 0 aromatic rings. The van der Waals surface area contributed by atoms with Crippen LogP contribution in [0.25, 0.3) is 0 Å². The van der Waals surface area contributed by atoms with Crippen LogP contribution in [0.5, 0.6) is 0 Å². The minimum absolute atomic E-state index is 0.859. The molecule has 0 N–H and O–H groups in total. The number of hydrogen-bond acceptors (Lipinski definition) is 0. The van der Waals surface area contributed by atoms with Crippen LogP contribution in [0.2, 0.25) is 0 Å². The van der Waals surface area contributed by atoms with E-state index in [-0.39, 0.29) is 0 Å². The summed E-state index contributed by atoms with van der Waals surface area (Å²) in [6.07, 6.45) is 10.2. The van der Waals surface area contributed by atoms with Gasteiger partial charge in [0.05, 0.1) is 0 Å². The van der Waals surface area contributed by atoms with Gasteiger partial charge in [-0.3, -0.25) is 0 Å². The minimum atomic E-state index is 0.859. The van der Waals surface area contributed by atoms with E-state index in [2.05, 4.69) is 31.9 Å². The maximum atomic E-state index is 3.63. The maximum absolute atomic E-state index is 3.63. The quantitative estimate of drug-likeness (QED) is 0.660. The van der Waals surface area contributed by atoms with Crippen LogP contribution in [0.4, 0.5) is 0 Å². The van der Waals surface area contributed by atoms with Crippen LogP contribution in [0.1, 0.15) is 44.9 Å². The van der Waals surface area contributed by atoms with E-state index in [4.69, 9.17) is 0 Å². The van der Waals surface area contributed by atoms with Crippen molar-refractivity contribution in [3.8, 4) is 0 Å². The van der Waals surface area contributed by atoms with Crippen molar-refractivity contribution < 1.29 is 0 Å². The Hall–Kier alpha value is 0.960. The molecule has 0 radical (unpaired) electrons. The first-order valence-electron chi connectivity index (χ1n) is 5.50. The average molecular weight is 312 g/mol. The van der Waals surface area contributed by atoms with Crippen LogP contribution >= 0.6 is 31.9 Å². The van der Waals surface area contributed by atoms with Gasteiger partial charge in [0.15, 0.2) is 0 Å². The molecule has 0 saturated heterocycles. The van der Waals surface area contributed by atoms with Gasteiger partial charge in [-0.05, 0) is 11.8 Å². The molecule has 2 heteroatoms. The molecule has 1 aliphatic carbocycles. The first-order chi connectivity index (χ1) is 6.38. The predicted octanol–water partition coefficient (Wildman–Crippen LogP) is 4.75. The van der Waals surface area contributed by atoms with Crippen molar-refractivity contribution in [3.63, 3.8) is 0 Å². The van der Waals surface area contributed by atoms with Crippen molar-refractivity contribution >= 4 is 31.9 Å². The molecule has 1 aliphatic rings. The third-order valence-corrected chi connectivity index (χ3v) is 4.88. The second-order valence-corrected chi connectivity index (χ2v) is 5.47. The van der Waals surface area contributed by atoms with Gasteiger partial charge in [0.25, 0.3) is 0 Å². The third kappa shape index (κ3) is 4.33. The van der Waals surface area contributed by atoms with E-state index in [1.807, 2.05) is 0 Å². The highest BCUT2D eigenvalue weighted by atomic mass is 79.9. The molecule has 0 spiro atoms. The van der Waals surface area contributed by atoms with Gasteiger partial charge in [-0.25, -0.2) is 0 Å². The van der Waals surface area contributed by atoms with Crippen molar-refractivity contribution in [2.45, 2.75) is 44.9 Å². The van der Waals surface area contributed by atoms with Gasteiger partial charge in [0, 0.05) is 10.7 Å². The van der Waals surface area contributed by atoms with Crippen molar-refractivity contribution in [2.75, 3.05) is 10.7 Å². The summed E-state index contributed by atoms with van der Waals surface area (Å²) in [6, 6.07) is 0. The summed E-state index contributed by atoms with van der Waals surface area (Å²) in [7, 11) is 0. The molecule has 0 amide bonds. The molecule has 0 atom stereocenters. The van der Waals surface area contributed by atoms with Crippen LogP contribution in [-0.2, 0) is 0 Å². The molecule has 1 fully saturated rings. The predicted molar refractivity (Wildman–Crippen MR) is 66.9 cm³/mol. The van der Waals surface area contributed by atoms with E-state index in [1.54, 1.807) is 0 Å². The summed E-state index contributed by atoms with van der Waals surface area (Å²) in [5, 5.41) is 2.34. The maximum Gasteiger partial charge on any atom is 0.00703 e. The lowest BCUT2D eigenvalue weighted by Crippen LogP contribution is -2.18. The van der Waals surface area contributed by atoms with Crippen LogP contribution in [0.15, 0.2) is 0 Å². The lowest BCUT2D eigenvalue weighted by molar-refractivity contribution is 0.307. The highest BCUT2D eigenvalue weighted by molar-refractivity contribution is 9.09. The van der Waals surface area contributed by atoms with Gasteiger partial charge >= 0.3 is 0 Å². The Kier molecular flexibility index (Phi) is 6.74. The largest absolute Gasteiger partial charge is 0.0925 e. The number of rotatable bonds is 3. The fourth-order valence-electron chi connectivity index (χ4n) is 2.25. The molecule has 0 aliphatic heterocycles. The molecule has 0 nitrogen and oxygen atoms in total. The Balaban J connectivity index is 2.35. The fraction of sp³-hybridized carbons (Fsp3) is 1.00. The highest BCUT2D eigenvalue weighted by Crippen LogP contribution is 2.30. The van der Waals surface area contributed by atoms with Crippen LogP contribution in [0, 0.1) is 11.8 Å². The molecule has 0 heterocycles. The Morgan fingerprint density at radius 1 is 0.846 bits per heavy atom. The first-order valence-corrected chi connectivity index (χ1v) is 7.74. The van der Waals surface area contributed by atoms with Crippen molar-refractivity contribution in [1.82, 2.24) is 0 Å². The molecule has 13 heavy (non-hydrogen) atoms. The number of alkyl halides is 2. The Bertz CT molecular complexity index is 113. The molecule has 0 aromatic carbocycles. The molecule has 0 unspecified atom stereocenters. The normalized spacial score (nSPS) is 21.5. The van der Waals surface area contributed by atoms with E-state index in [0.29, 0.717) is 0 Å². The Labute approximate surface area is 99.1 Å². The van der Waals surface area contributed by atoms with Crippen LogP contribution < -0.4 is 0 Å². The van der Waals surface area contributed by atoms with E-state index in [9.17, 15) is 0 Å². The highest BCUT2D eigenvalue weighted by Gasteiger charge is 2.19. The Morgan fingerprint density at radius 2 is 1.31 bits per heavy atom. The molecule has 1 rings (SSSR count). The van der Waals surface area contributed by atoms with Gasteiger partial charge in [0.1, 0.15) is 0 Å². The molecule has 0 aromatic heterocycles. The smallest absolute Gasteiger partial charge is 0.00703 e. The molecule has 78 valence electrons. The Morgan fingerprint density at radius 3 is 1.77 bits per heavy atom. The number of hydrogen-bond donors (Lipinski definition) is 0. The topological polar surface area (TPSA) is 0 Å². The van der Waals surface area contributed by atoms with Crippen molar-refractivity contribution in [1.29, 1.82) is 0 Å². The standard InChI is InChI=1S/C11H20Br2/c12-8-11(9-13)10-6-4-2-1-3-5-7-10/h10-11H,1-9H2. The van der Waals surface area contributed by atoms with Gasteiger partial charge in [0.2, 0.25) is 0 Å². The average Bonchev–Trinajstić information content (AvgIpc) is 2.09. The van der Waals surface area contributed by atoms with Gasteiger partial charge < -0.3 is 0 Å². The van der Waals surface area contributed by atoms with Crippen LogP contribution in [0.3, 0.4) is 0 Å². The second kappa shape index (κ2) is 7.28. The van der Waals surface area contributed by atoms with E-state index < -0.39 is 0 Å². The molecule has 1 saturated carbocycles. The zero-order valence-corrected chi connectivity index (χ0v) is 11.4. The summed E-state index contributed by atoms with van der Waals surface area (Å²) in [5.41, 5.74) is 0. The molecular weight excluding hydrogens is 292 g/mol. The van der Waals surface area contributed by atoms with Crippen molar-refractivity contribution in [3.05, 3.63) is 0 Å². The summed E-state index contributed by atoms with van der Waals surface area (Å²) in [5.74, 6) is 1.83. The summed E-state index contributed by atoms with van der Waals surface area (Å²) in [4.78, 5) is 0. The molecular formula is C11H20Br2. The monoisotopic (exact) mass is 310 g/mol. The first kappa shape index (κ1) is 12.0. The van der Waals surface area contributed by atoms with E-state index in [1.165, 1.54) is 55.6 Å². The van der Waals surface area contributed by atoms with Crippen LogP contribution in [-0.4, -0.2) is 10.7 Å². The summed E-state index contributed by atoms with van der Waals surface area (Å²) < 4.78 is 0. The van der Waals surface area contributed by atoms with E-state index >= 15 is 0 Å². The summed E-state index contributed by atoms with van der Waals surface area (Å²) in [6.45, 7) is 0. The zero-order valence-electron chi connectivity index (χ0n) is 8.27. The fourth-order valence-corrected chi connectivity index (χ4v) is 4.38. The second-order valence-electron chi connectivity index (χ2n) is 4.17. The minimum Gasteiger partial charge on any atom is -0.0925 e. The lowest BCUT2D eigenvalue weighted by atomic mass is 9.84. The van der Waals surface area contributed by atoms with Gasteiger partial charge in [-0.2, -0.15) is 0 Å². The van der Waals surface area contributed by atoms with Gasteiger partial charge in [-0.1, -0.05) is 76.8 Å². The third-order valence-electron chi connectivity index (χ3n) is 3.21. The van der Waals surface area contributed by atoms with E-state index in [0.717, 1.165) is 11.8 Å². The number of halogens is 2.